The Morgan fingerprint density at radius 2 is 1.89 bits per heavy atom. The second kappa shape index (κ2) is 10.8. The molecule has 0 saturated carbocycles. The third kappa shape index (κ3) is 6.65. The van der Waals surface area contributed by atoms with Crippen molar-refractivity contribution < 1.29 is 14.3 Å². The van der Waals surface area contributed by atoms with Crippen LogP contribution in [0.25, 0.3) is 0 Å². The summed E-state index contributed by atoms with van der Waals surface area (Å²) in [5.74, 6) is 1.26. The summed E-state index contributed by atoms with van der Waals surface area (Å²) in [6.45, 7) is 4.26. The molecule has 142 valence electrons. The van der Waals surface area contributed by atoms with Gasteiger partial charge in [-0.1, -0.05) is 19.1 Å². The van der Waals surface area contributed by atoms with Crippen molar-refractivity contribution in [3.8, 4) is 17.6 Å². The van der Waals surface area contributed by atoms with E-state index in [2.05, 4.69) is 18.3 Å². The summed E-state index contributed by atoms with van der Waals surface area (Å²) in [5.41, 5.74) is 1.26. The van der Waals surface area contributed by atoms with Gasteiger partial charge in [-0.2, -0.15) is 5.26 Å². The fourth-order valence-electron chi connectivity index (χ4n) is 2.65. The van der Waals surface area contributed by atoms with Crippen LogP contribution in [0.3, 0.4) is 0 Å². The Labute approximate surface area is 160 Å². The lowest BCUT2D eigenvalue weighted by atomic mass is 10.2. The maximum atomic E-state index is 12.4. The second-order valence-electron chi connectivity index (χ2n) is 6.01. The van der Waals surface area contributed by atoms with E-state index in [1.165, 1.54) is 0 Å². The summed E-state index contributed by atoms with van der Waals surface area (Å²) >= 11 is 0. The maximum Gasteiger partial charge on any atom is 0.238 e. The van der Waals surface area contributed by atoms with E-state index in [0.29, 0.717) is 35.9 Å². The van der Waals surface area contributed by atoms with Gasteiger partial charge >= 0.3 is 0 Å². The molecule has 2 aromatic carbocycles. The summed E-state index contributed by atoms with van der Waals surface area (Å²) in [7, 11) is 1.58. The number of anilines is 1. The standard InChI is InChI=1S/C21H25N3O3/c1-3-12-24(13-14-27-18-10-8-17(15-22)9-11-18)16-21(25)23-19-6-4-5-7-20(19)26-2/h4-11H,3,12-14,16H2,1-2H3,(H,23,25). The van der Waals surface area contributed by atoms with Gasteiger partial charge in [-0.05, 0) is 49.4 Å². The van der Waals surface area contributed by atoms with E-state index < -0.39 is 0 Å². The Morgan fingerprint density at radius 1 is 1.15 bits per heavy atom. The number of nitrogens with zero attached hydrogens (tertiary/aromatic N) is 2. The number of carbonyl (C=O) groups excluding carboxylic acids is 1. The number of methoxy groups -OCH3 is 1. The normalized spacial score (nSPS) is 10.3. The largest absolute Gasteiger partial charge is 0.495 e. The molecule has 0 atom stereocenters. The SMILES string of the molecule is CCCN(CCOc1ccc(C#N)cc1)CC(=O)Nc1ccccc1OC. The van der Waals surface area contributed by atoms with Crippen molar-refractivity contribution in [2.45, 2.75) is 13.3 Å². The fraction of sp³-hybridized carbons (Fsp3) is 0.333. The lowest BCUT2D eigenvalue weighted by molar-refractivity contribution is -0.117. The number of para-hydroxylation sites is 2. The summed E-state index contributed by atoms with van der Waals surface area (Å²) < 4.78 is 11.0. The molecule has 2 aromatic rings. The van der Waals surface area contributed by atoms with Crippen LogP contribution in [0.5, 0.6) is 11.5 Å². The van der Waals surface area contributed by atoms with Gasteiger partial charge in [0.15, 0.2) is 0 Å². The number of ether oxygens (including phenoxy) is 2. The Kier molecular flexibility index (Phi) is 8.14. The predicted octanol–water partition coefficient (Wildman–Crippen LogP) is 3.30. The van der Waals surface area contributed by atoms with Crippen LogP contribution >= 0.6 is 0 Å². The molecule has 1 amide bonds. The van der Waals surface area contributed by atoms with Crippen LogP contribution in [0, 0.1) is 11.3 Å². The first-order valence-corrected chi connectivity index (χ1v) is 8.94. The highest BCUT2D eigenvalue weighted by atomic mass is 16.5. The molecule has 6 heteroatoms. The van der Waals surface area contributed by atoms with E-state index in [0.717, 1.165) is 13.0 Å². The number of amides is 1. The molecule has 1 N–H and O–H groups in total. The quantitative estimate of drug-likeness (QED) is 0.697. The van der Waals surface area contributed by atoms with Crippen molar-refractivity contribution in [2.75, 3.05) is 38.7 Å². The molecular weight excluding hydrogens is 342 g/mol. The van der Waals surface area contributed by atoms with E-state index in [1.54, 1.807) is 31.4 Å². The molecule has 0 fully saturated rings. The molecule has 0 spiro atoms. The molecule has 0 bridgehead atoms. The highest BCUT2D eigenvalue weighted by Crippen LogP contribution is 2.22. The minimum atomic E-state index is -0.0914. The zero-order valence-corrected chi connectivity index (χ0v) is 15.8. The number of hydrogen-bond donors (Lipinski definition) is 1. The van der Waals surface area contributed by atoms with Crippen LogP contribution < -0.4 is 14.8 Å². The van der Waals surface area contributed by atoms with Gasteiger partial charge in [0.2, 0.25) is 5.91 Å². The molecule has 0 aliphatic heterocycles. The van der Waals surface area contributed by atoms with Crippen LogP contribution in [0.1, 0.15) is 18.9 Å². The van der Waals surface area contributed by atoms with Gasteiger partial charge in [-0.3, -0.25) is 9.69 Å². The number of benzene rings is 2. The number of rotatable bonds is 10. The van der Waals surface area contributed by atoms with Gasteiger partial charge in [-0.15, -0.1) is 0 Å². The van der Waals surface area contributed by atoms with Gasteiger partial charge in [0.25, 0.3) is 0 Å². The highest BCUT2D eigenvalue weighted by Gasteiger charge is 2.12. The monoisotopic (exact) mass is 367 g/mol. The number of nitriles is 1. The smallest absolute Gasteiger partial charge is 0.238 e. The Morgan fingerprint density at radius 3 is 2.56 bits per heavy atom. The average molecular weight is 367 g/mol. The lowest BCUT2D eigenvalue weighted by Crippen LogP contribution is -2.36. The van der Waals surface area contributed by atoms with E-state index in [4.69, 9.17) is 14.7 Å². The number of carbonyl (C=O) groups is 1. The van der Waals surface area contributed by atoms with Gasteiger partial charge in [0.05, 0.1) is 31.0 Å². The molecule has 0 aromatic heterocycles. The molecule has 2 rings (SSSR count). The van der Waals surface area contributed by atoms with E-state index in [9.17, 15) is 4.79 Å². The lowest BCUT2D eigenvalue weighted by Gasteiger charge is -2.21. The van der Waals surface area contributed by atoms with Gasteiger partial charge in [0.1, 0.15) is 18.1 Å². The minimum Gasteiger partial charge on any atom is -0.495 e. The molecule has 0 radical (unpaired) electrons. The summed E-state index contributed by atoms with van der Waals surface area (Å²) in [5, 5.41) is 11.7. The highest BCUT2D eigenvalue weighted by molar-refractivity contribution is 5.93. The molecule has 6 nitrogen and oxygen atoms in total. The van der Waals surface area contributed by atoms with Crippen LogP contribution in [-0.2, 0) is 4.79 Å². The molecule has 0 unspecified atom stereocenters. The minimum absolute atomic E-state index is 0.0914. The first kappa shape index (κ1) is 20.3. The molecular formula is C21H25N3O3. The molecule has 0 heterocycles. The molecule has 0 aliphatic rings. The zero-order valence-electron chi connectivity index (χ0n) is 15.8. The van der Waals surface area contributed by atoms with Crippen molar-refractivity contribution in [1.29, 1.82) is 5.26 Å². The first-order chi connectivity index (χ1) is 13.2. The topological polar surface area (TPSA) is 74.6 Å². The summed E-state index contributed by atoms with van der Waals surface area (Å²) in [4.78, 5) is 14.4. The van der Waals surface area contributed by atoms with Crippen molar-refractivity contribution in [3.63, 3.8) is 0 Å². The van der Waals surface area contributed by atoms with Gasteiger partial charge in [0, 0.05) is 6.54 Å². The Bertz CT molecular complexity index is 769. The van der Waals surface area contributed by atoms with Crippen molar-refractivity contribution in [1.82, 2.24) is 4.90 Å². The van der Waals surface area contributed by atoms with Crippen LogP contribution in [0.4, 0.5) is 5.69 Å². The van der Waals surface area contributed by atoms with Crippen LogP contribution in [0.15, 0.2) is 48.5 Å². The average Bonchev–Trinajstić information content (AvgIpc) is 2.69. The predicted molar refractivity (Wildman–Crippen MR) is 105 cm³/mol. The van der Waals surface area contributed by atoms with E-state index in [-0.39, 0.29) is 12.5 Å². The summed E-state index contributed by atoms with van der Waals surface area (Å²) in [6, 6.07) is 16.4. The fourth-order valence-corrected chi connectivity index (χ4v) is 2.65. The number of hydrogen-bond acceptors (Lipinski definition) is 5. The first-order valence-electron chi connectivity index (χ1n) is 8.94. The van der Waals surface area contributed by atoms with Crippen LogP contribution in [0.2, 0.25) is 0 Å². The Balaban J connectivity index is 1.84. The molecule has 0 saturated heterocycles. The van der Waals surface area contributed by atoms with E-state index in [1.807, 2.05) is 29.2 Å². The molecule has 0 aliphatic carbocycles. The van der Waals surface area contributed by atoms with E-state index >= 15 is 0 Å². The van der Waals surface area contributed by atoms with Crippen LogP contribution in [-0.4, -0.2) is 44.2 Å². The summed E-state index contributed by atoms with van der Waals surface area (Å²) in [6.07, 6.45) is 0.943. The Hall–Kier alpha value is -3.04. The zero-order chi connectivity index (χ0) is 19.5. The van der Waals surface area contributed by atoms with Gasteiger partial charge < -0.3 is 14.8 Å². The van der Waals surface area contributed by atoms with Crippen molar-refractivity contribution in [3.05, 3.63) is 54.1 Å². The third-order valence-corrected chi connectivity index (χ3v) is 3.95. The van der Waals surface area contributed by atoms with Crippen molar-refractivity contribution >= 4 is 11.6 Å². The van der Waals surface area contributed by atoms with Crippen molar-refractivity contribution in [2.24, 2.45) is 0 Å². The second-order valence-corrected chi connectivity index (χ2v) is 6.01. The van der Waals surface area contributed by atoms with Gasteiger partial charge in [-0.25, -0.2) is 0 Å². The molecule has 27 heavy (non-hydrogen) atoms. The third-order valence-electron chi connectivity index (χ3n) is 3.95. The maximum absolute atomic E-state index is 12.4. The number of nitrogens with one attached hydrogen (secondary N) is 1.